The molecule has 0 unspecified atom stereocenters. The van der Waals surface area contributed by atoms with Crippen molar-refractivity contribution < 1.29 is 9.53 Å². The van der Waals surface area contributed by atoms with E-state index in [-0.39, 0.29) is 5.82 Å². The normalized spacial score (nSPS) is 10.2. The van der Waals surface area contributed by atoms with Crippen molar-refractivity contribution >= 4 is 27.6 Å². The Labute approximate surface area is 106 Å². The summed E-state index contributed by atoms with van der Waals surface area (Å²) >= 11 is 3.36. The summed E-state index contributed by atoms with van der Waals surface area (Å²) in [6.45, 7) is 0. The Morgan fingerprint density at radius 3 is 2.94 bits per heavy atom. The molecule has 0 aliphatic carbocycles. The van der Waals surface area contributed by atoms with E-state index in [0.717, 1.165) is 10.2 Å². The quantitative estimate of drug-likeness (QED) is 0.669. The van der Waals surface area contributed by atoms with Gasteiger partial charge in [0.1, 0.15) is 6.33 Å². The van der Waals surface area contributed by atoms with Crippen LogP contribution in [0.2, 0.25) is 0 Å². The van der Waals surface area contributed by atoms with E-state index >= 15 is 0 Å². The first-order valence-corrected chi connectivity index (χ1v) is 5.46. The Morgan fingerprint density at radius 2 is 2.29 bits per heavy atom. The number of anilines is 1. The third kappa shape index (κ3) is 2.28. The summed E-state index contributed by atoms with van der Waals surface area (Å²) in [6.07, 6.45) is 1.43. The lowest BCUT2D eigenvalue weighted by molar-refractivity contribution is 0.0587. The van der Waals surface area contributed by atoms with Crippen molar-refractivity contribution in [1.82, 2.24) is 14.8 Å². The third-order valence-corrected chi connectivity index (χ3v) is 2.71. The SMILES string of the molecule is COC(=O)c1ncn(-c2ccc(N)cc2Br)n1. The second-order valence-electron chi connectivity index (χ2n) is 3.22. The fourth-order valence-corrected chi connectivity index (χ4v) is 1.85. The van der Waals surface area contributed by atoms with Gasteiger partial charge in [-0.15, -0.1) is 5.10 Å². The Balaban J connectivity index is 2.40. The molecule has 1 heterocycles. The van der Waals surface area contributed by atoms with Crippen LogP contribution in [0, 0.1) is 0 Å². The van der Waals surface area contributed by atoms with Gasteiger partial charge in [0.25, 0.3) is 5.82 Å². The smallest absolute Gasteiger partial charge is 0.377 e. The maximum atomic E-state index is 11.2. The van der Waals surface area contributed by atoms with Gasteiger partial charge >= 0.3 is 5.97 Å². The highest BCUT2D eigenvalue weighted by atomic mass is 79.9. The van der Waals surface area contributed by atoms with E-state index in [2.05, 4.69) is 30.7 Å². The summed E-state index contributed by atoms with van der Waals surface area (Å²) in [5.41, 5.74) is 7.00. The average Bonchev–Trinajstić information content (AvgIpc) is 2.77. The van der Waals surface area contributed by atoms with Crippen LogP contribution in [0.5, 0.6) is 0 Å². The van der Waals surface area contributed by atoms with Gasteiger partial charge in [0.15, 0.2) is 0 Å². The van der Waals surface area contributed by atoms with E-state index < -0.39 is 5.97 Å². The van der Waals surface area contributed by atoms with Crippen molar-refractivity contribution in [2.24, 2.45) is 0 Å². The van der Waals surface area contributed by atoms with E-state index in [9.17, 15) is 4.79 Å². The monoisotopic (exact) mass is 296 g/mol. The zero-order valence-electron chi connectivity index (χ0n) is 8.92. The second-order valence-corrected chi connectivity index (χ2v) is 4.07. The number of ether oxygens (including phenoxy) is 1. The molecule has 0 saturated carbocycles. The molecule has 2 N–H and O–H groups in total. The summed E-state index contributed by atoms with van der Waals surface area (Å²) in [7, 11) is 1.28. The molecule has 7 heteroatoms. The van der Waals surface area contributed by atoms with E-state index in [4.69, 9.17) is 5.73 Å². The molecule has 0 bridgehead atoms. The number of carbonyl (C=O) groups excluding carboxylic acids is 1. The van der Waals surface area contributed by atoms with Gasteiger partial charge in [0.2, 0.25) is 0 Å². The minimum absolute atomic E-state index is 0.0104. The van der Waals surface area contributed by atoms with Gasteiger partial charge in [-0.05, 0) is 34.1 Å². The van der Waals surface area contributed by atoms with E-state index in [1.165, 1.54) is 18.1 Å². The standard InChI is InChI=1S/C10H9BrN4O2/c1-17-10(16)9-13-5-15(14-9)8-3-2-6(12)4-7(8)11/h2-5H,12H2,1H3. The number of esters is 1. The van der Waals surface area contributed by atoms with Gasteiger partial charge in [-0.25, -0.2) is 14.5 Å². The van der Waals surface area contributed by atoms with Crippen LogP contribution in [-0.4, -0.2) is 27.8 Å². The van der Waals surface area contributed by atoms with Gasteiger partial charge in [-0.1, -0.05) is 0 Å². The van der Waals surface area contributed by atoms with Gasteiger partial charge in [-0.2, -0.15) is 0 Å². The number of hydrogen-bond acceptors (Lipinski definition) is 5. The number of hydrogen-bond donors (Lipinski definition) is 1. The predicted molar refractivity (Wildman–Crippen MR) is 64.8 cm³/mol. The molecule has 0 radical (unpaired) electrons. The molecule has 0 atom stereocenters. The molecule has 0 fully saturated rings. The first kappa shape index (κ1) is 11.6. The third-order valence-electron chi connectivity index (χ3n) is 2.08. The molecule has 0 spiro atoms. The van der Waals surface area contributed by atoms with E-state index in [0.29, 0.717) is 5.69 Å². The summed E-state index contributed by atoms with van der Waals surface area (Å²) < 4.78 is 6.76. The summed E-state index contributed by atoms with van der Waals surface area (Å²) in [5, 5.41) is 4.00. The van der Waals surface area contributed by atoms with Crippen molar-refractivity contribution in [2.45, 2.75) is 0 Å². The van der Waals surface area contributed by atoms with Crippen LogP contribution in [0.25, 0.3) is 5.69 Å². The fourth-order valence-electron chi connectivity index (χ4n) is 1.27. The van der Waals surface area contributed by atoms with Gasteiger partial charge < -0.3 is 10.5 Å². The highest BCUT2D eigenvalue weighted by molar-refractivity contribution is 9.10. The molecule has 0 aliphatic rings. The number of halogens is 1. The topological polar surface area (TPSA) is 83.0 Å². The van der Waals surface area contributed by atoms with Crippen molar-refractivity contribution in [3.05, 3.63) is 34.8 Å². The maximum Gasteiger partial charge on any atom is 0.377 e. The van der Waals surface area contributed by atoms with Crippen LogP contribution in [-0.2, 0) is 4.74 Å². The highest BCUT2D eigenvalue weighted by Gasteiger charge is 2.13. The molecule has 0 aliphatic heterocycles. The average molecular weight is 297 g/mol. The van der Waals surface area contributed by atoms with Gasteiger partial charge in [0.05, 0.1) is 12.8 Å². The zero-order chi connectivity index (χ0) is 12.4. The number of rotatable bonds is 2. The molecule has 2 rings (SSSR count). The van der Waals surface area contributed by atoms with Crippen molar-refractivity contribution in [3.8, 4) is 5.69 Å². The number of nitrogens with zero attached hydrogens (tertiary/aromatic N) is 3. The van der Waals surface area contributed by atoms with Crippen LogP contribution in [0.1, 0.15) is 10.6 Å². The minimum Gasteiger partial charge on any atom is -0.463 e. The Bertz CT molecular complexity index is 567. The van der Waals surface area contributed by atoms with Crippen molar-refractivity contribution in [1.29, 1.82) is 0 Å². The number of methoxy groups -OCH3 is 1. The van der Waals surface area contributed by atoms with Crippen LogP contribution in [0.4, 0.5) is 5.69 Å². The largest absolute Gasteiger partial charge is 0.463 e. The fraction of sp³-hybridized carbons (Fsp3) is 0.100. The number of carbonyl (C=O) groups is 1. The summed E-state index contributed by atoms with van der Waals surface area (Å²) in [4.78, 5) is 15.1. The first-order chi connectivity index (χ1) is 8.11. The predicted octanol–water partition coefficient (Wildman–Crippen LogP) is 1.40. The molecule has 1 aromatic carbocycles. The minimum atomic E-state index is -0.574. The van der Waals surface area contributed by atoms with Crippen molar-refractivity contribution in [3.63, 3.8) is 0 Å². The van der Waals surface area contributed by atoms with E-state index in [1.54, 1.807) is 18.2 Å². The number of nitrogens with two attached hydrogens (primary N) is 1. The number of benzene rings is 1. The molecule has 0 saturated heterocycles. The van der Waals surface area contributed by atoms with Crippen LogP contribution in [0.15, 0.2) is 29.0 Å². The Morgan fingerprint density at radius 1 is 1.53 bits per heavy atom. The van der Waals surface area contributed by atoms with Crippen LogP contribution < -0.4 is 5.73 Å². The van der Waals surface area contributed by atoms with Crippen molar-refractivity contribution in [2.75, 3.05) is 12.8 Å². The van der Waals surface area contributed by atoms with Crippen LogP contribution in [0.3, 0.4) is 0 Å². The molecule has 6 nitrogen and oxygen atoms in total. The Kier molecular flexibility index (Phi) is 3.10. The van der Waals surface area contributed by atoms with Gasteiger partial charge in [-0.3, -0.25) is 0 Å². The second kappa shape index (κ2) is 4.54. The summed E-state index contributed by atoms with van der Waals surface area (Å²) in [6, 6.07) is 5.25. The number of aromatic nitrogens is 3. The lowest BCUT2D eigenvalue weighted by Gasteiger charge is -2.03. The van der Waals surface area contributed by atoms with Crippen LogP contribution >= 0.6 is 15.9 Å². The number of nitrogen functional groups attached to an aromatic ring is 1. The molecular formula is C10H9BrN4O2. The molecule has 1 aromatic heterocycles. The molecule has 17 heavy (non-hydrogen) atoms. The lowest BCUT2D eigenvalue weighted by Crippen LogP contribution is -2.05. The Hall–Kier alpha value is -1.89. The molecule has 2 aromatic rings. The molecule has 88 valence electrons. The summed E-state index contributed by atoms with van der Waals surface area (Å²) in [5.74, 6) is -0.563. The maximum absolute atomic E-state index is 11.2. The zero-order valence-corrected chi connectivity index (χ0v) is 10.5. The first-order valence-electron chi connectivity index (χ1n) is 4.67. The van der Waals surface area contributed by atoms with Gasteiger partial charge in [0, 0.05) is 10.2 Å². The van der Waals surface area contributed by atoms with E-state index in [1.807, 2.05) is 0 Å². The molecular weight excluding hydrogens is 288 g/mol. The highest BCUT2D eigenvalue weighted by Crippen LogP contribution is 2.22. The molecule has 0 amide bonds. The lowest BCUT2D eigenvalue weighted by atomic mass is 10.3.